The summed E-state index contributed by atoms with van der Waals surface area (Å²) in [5.74, 6) is 0.616. The molecule has 0 saturated heterocycles. The number of aromatic nitrogens is 5. The van der Waals surface area contributed by atoms with Crippen LogP contribution in [-0.4, -0.2) is 30.2 Å². The molecule has 35 heavy (non-hydrogen) atoms. The fraction of sp³-hybridized carbons (Fsp3) is 0.240. The van der Waals surface area contributed by atoms with Gasteiger partial charge < -0.3 is 14.4 Å². The minimum Gasteiger partial charge on any atom is -0.337 e. The van der Waals surface area contributed by atoms with E-state index in [4.69, 9.17) is 16.1 Å². The first kappa shape index (κ1) is 22.8. The van der Waals surface area contributed by atoms with E-state index in [0.717, 1.165) is 22.9 Å². The Labute approximate surface area is 205 Å². The Balaban J connectivity index is 1.54. The number of carbonyl (C=O) groups excluding carboxylic acids is 1. The number of anilines is 1. The van der Waals surface area contributed by atoms with Crippen molar-refractivity contribution in [1.29, 1.82) is 0 Å². The second-order valence-electron chi connectivity index (χ2n) is 8.36. The number of halogens is 1. The zero-order chi connectivity index (χ0) is 24.5. The number of hydrogen-bond acceptors (Lipinski definition) is 6. The normalized spacial score (nSPS) is 11.4. The number of amides is 1. The zero-order valence-corrected chi connectivity index (χ0v) is 20.0. The lowest BCUT2D eigenvalue weighted by atomic mass is 10.2. The topological polar surface area (TPSA) is 108 Å². The van der Waals surface area contributed by atoms with Crippen LogP contribution in [0.2, 0.25) is 5.02 Å². The van der Waals surface area contributed by atoms with E-state index in [-0.39, 0.29) is 24.6 Å². The molecule has 0 aliphatic heterocycles. The Kier molecular flexibility index (Phi) is 6.08. The number of nitrogens with one attached hydrogen (secondary N) is 1. The highest BCUT2D eigenvalue weighted by atomic mass is 35.5. The summed E-state index contributed by atoms with van der Waals surface area (Å²) in [5, 5.41) is 8.03. The first-order valence-corrected chi connectivity index (χ1v) is 11.7. The van der Waals surface area contributed by atoms with Gasteiger partial charge >= 0.3 is 0 Å². The van der Waals surface area contributed by atoms with E-state index in [9.17, 15) is 9.59 Å². The number of carbonyl (C=O) groups is 1. The molecule has 0 unspecified atom stereocenters. The van der Waals surface area contributed by atoms with Gasteiger partial charge in [0.15, 0.2) is 5.82 Å². The average molecular weight is 491 g/mol. The van der Waals surface area contributed by atoms with E-state index in [2.05, 4.69) is 20.4 Å². The van der Waals surface area contributed by atoms with E-state index >= 15 is 0 Å². The number of aryl methyl sites for hydroxylation is 2. The highest BCUT2D eigenvalue weighted by molar-refractivity contribution is 6.33. The summed E-state index contributed by atoms with van der Waals surface area (Å²) in [7, 11) is 0. The molecule has 0 atom stereocenters. The van der Waals surface area contributed by atoms with Gasteiger partial charge in [0.1, 0.15) is 24.1 Å². The largest absolute Gasteiger partial charge is 0.337 e. The molecule has 178 valence electrons. The lowest BCUT2D eigenvalue weighted by molar-refractivity contribution is -0.116. The molecule has 0 spiro atoms. The third kappa shape index (κ3) is 4.42. The maximum Gasteiger partial charge on any atom is 0.278 e. The molecule has 5 aromatic rings. The Morgan fingerprint density at radius 3 is 2.83 bits per heavy atom. The number of para-hydroxylation sites is 1. The highest BCUT2D eigenvalue weighted by Gasteiger charge is 2.19. The zero-order valence-electron chi connectivity index (χ0n) is 19.3. The van der Waals surface area contributed by atoms with E-state index in [0.29, 0.717) is 39.9 Å². The van der Waals surface area contributed by atoms with Crippen molar-refractivity contribution in [3.05, 3.63) is 81.4 Å². The van der Waals surface area contributed by atoms with Crippen LogP contribution in [0.5, 0.6) is 0 Å². The minimum absolute atomic E-state index is 0.0869. The maximum absolute atomic E-state index is 13.5. The van der Waals surface area contributed by atoms with E-state index in [1.807, 2.05) is 44.2 Å². The Morgan fingerprint density at radius 2 is 2.03 bits per heavy atom. The van der Waals surface area contributed by atoms with Crippen LogP contribution in [0, 0.1) is 6.92 Å². The average Bonchev–Trinajstić information content (AvgIpc) is 3.41. The van der Waals surface area contributed by atoms with Crippen LogP contribution >= 0.6 is 11.6 Å². The Hall–Kier alpha value is -3.98. The van der Waals surface area contributed by atoms with Crippen LogP contribution in [0.25, 0.3) is 21.9 Å². The van der Waals surface area contributed by atoms with Gasteiger partial charge in [-0.15, -0.1) is 0 Å². The summed E-state index contributed by atoms with van der Waals surface area (Å²) in [6.45, 7) is 3.95. The van der Waals surface area contributed by atoms with Crippen molar-refractivity contribution in [3.63, 3.8) is 0 Å². The number of fused-ring (bicyclic) bond motifs is 3. The predicted molar refractivity (Wildman–Crippen MR) is 134 cm³/mol. The third-order valence-corrected chi connectivity index (χ3v) is 6.04. The molecule has 3 aromatic heterocycles. The second kappa shape index (κ2) is 9.34. The Morgan fingerprint density at radius 1 is 1.20 bits per heavy atom. The van der Waals surface area contributed by atoms with Crippen molar-refractivity contribution in [1.82, 2.24) is 24.3 Å². The van der Waals surface area contributed by atoms with Crippen molar-refractivity contribution in [3.8, 4) is 0 Å². The molecule has 1 amide bonds. The molecule has 0 aliphatic carbocycles. The fourth-order valence-electron chi connectivity index (χ4n) is 4.11. The molecule has 0 bridgehead atoms. The fourth-order valence-corrected chi connectivity index (χ4v) is 4.39. The number of hydrogen-bond donors (Lipinski definition) is 1. The molecule has 0 fully saturated rings. The quantitative estimate of drug-likeness (QED) is 0.363. The molecular weight excluding hydrogens is 468 g/mol. The van der Waals surface area contributed by atoms with Crippen LogP contribution in [0.1, 0.15) is 30.6 Å². The number of rotatable bonds is 7. The molecule has 0 aliphatic rings. The van der Waals surface area contributed by atoms with Crippen molar-refractivity contribution in [2.45, 2.75) is 39.8 Å². The lowest BCUT2D eigenvalue weighted by Gasteiger charge is -2.10. The minimum atomic E-state index is -0.311. The number of benzene rings is 2. The van der Waals surface area contributed by atoms with E-state index in [1.54, 1.807) is 16.7 Å². The monoisotopic (exact) mass is 490 g/mol. The Bertz CT molecular complexity index is 1620. The summed E-state index contributed by atoms with van der Waals surface area (Å²) in [5.41, 5.74) is 2.79. The van der Waals surface area contributed by atoms with Crippen molar-refractivity contribution in [2.24, 2.45) is 0 Å². The van der Waals surface area contributed by atoms with Gasteiger partial charge in [0.05, 0.1) is 22.6 Å². The van der Waals surface area contributed by atoms with Gasteiger partial charge in [-0.2, -0.15) is 4.98 Å². The van der Waals surface area contributed by atoms with Gasteiger partial charge in [0.2, 0.25) is 11.8 Å². The summed E-state index contributed by atoms with van der Waals surface area (Å²) in [4.78, 5) is 35.4. The number of nitrogens with zero attached hydrogens (tertiary/aromatic N) is 5. The third-order valence-electron chi connectivity index (χ3n) is 5.72. The first-order chi connectivity index (χ1) is 16.9. The highest BCUT2D eigenvalue weighted by Crippen LogP contribution is 2.26. The van der Waals surface area contributed by atoms with Gasteiger partial charge in [0.25, 0.3) is 5.56 Å². The van der Waals surface area contributed by atoms with Gasteiger partial charge in [-0.05, 0) is 37.1 Å². The predicted octanol–water partition coefficient (Wildman–Crippen LogP) is 4.34. The van der Waals surface area contributed by atoms with E-state index in [1.165, 1.54) is 10.9 Å². The van der Waals surface area contributed by atoms with Crippen LogP contribution in [0.15, 0.2) is 58.1 Å². The van der Waals surface area contributed by atoms with Gasteiger partial charge in [-0.3, -0.25) is 14.2 Å². The van der Waals surface area contributed by atoms with E-state index < -0.39 is 0 Å². The summed E-state index contributed by atoms with van der Waals surface area (Å²) in [6, 6.07) is 12.9. The van der Waals surface area contributed by atoms with Gasteiger partial charge in [-0.1, -0.05) is 47.9 Å². The molecule has 0 saturated carbocycles. The molecular formula is C25H23ClN6O3. The van der Waals surface area contributed by atoms with Gasteiger partial charge in [-0.25, -0.2) is 4.98 Å². The molecule has 9 nitrogen and oxygen atoms in total. The molecule has 2 aromatic carbocycles. The van der Waals surface area contributed by atoms with Crippen molar-refractivity contribution in [2.75, 3.05) is 5.32 Å². The second-order valence-corrected chi connectivity index (χ2v) is 8.77. The van der Waals surface area contributed by atoms with Crippen LogP contribution in [-0.2, 0) is 24.3 Å². The standard InChI is InChI=1S/C25H23ClN6O3/c1-3-6-20-29-22(35-30-20)13-31-14-27-23-16-7-4-5-8-19(16)32(24(23)25(31)34)12-21(33)28-18-10-9-15(2)11-17(18)26/h4-5,7-11,14H,3,6,12-13H2,1-2H3,(H,28,33). The van der Waals surface area contributed by atoms with Crippen LogP contribution in [0.3, 0.4) is 0 Å². The summed E-state index contributed by atoms with van der Waals surface area (Å²) < 4.78 is 8.39. The van der Waals surface area contributed by atoms with Crippen LogP contribution in [0.4, 0.5) is 5.69 Å². The molecule has 3 heterocycles. The molecule has 0 radical (unpaired) electrons. The van der Waals surface area contributed by atoms with Gasteiger partial charge in [0, 0.05) is 11.8 Å². The summed E-state index contributed by atoms with van der Waals surface area (Å²) in [6.07, 6.45) is 3.06. The van der Waals surface area contributed by atoms with Crippen molar-refractivity contribution >= 4 is 45.1 Å². The lowest BCUT2D eigenvalue weighted by Crippen LogP contribution is -2.25. The van der Waals surface area contributed by atoms with Crippen LogP contribution < -0.4 is 10.9 Å². The molecule has 10 heteroatoms. The smallest absolute Gasteiger partial charge is 0.278 e. The molecule has 1 N–H and O–H groups in total. The SMILES string of the molecule is CCCc1noc(Cn2cnc3c4ccccc4n(CC(=O)Nc4ccc(C)cc4Cl)c3c2=O)n1. The molecule has 5 rings (SSSR count). The summed E-state index contributed by atoms with van der Waals surface area (Å²) >= 11 is 6.29. The van der Waals surface area contributed by atoms with Crippen molar-refractivity contribution < 1.29 is 9.32 Å². The maximum atomic E-state index is 13.5. The first-order valence-electron chi connectivity index (χ1n) is 11.3.